The van der Waals surface area contributed by atoms with Crippen LogP contribution in [0.4, 0.5) is 4.39 Å². The normalized spacial score (nSPS) is 14.2. The van der Waals surface area contributed by atoms with E-state index < -0.39 is 6.04 Å². The van der Waals surface area contributed by atoms with Crippen LogP contribution in [0, 0.1) is 5.82 Å². The number of hydrogen-bond acceptors (Lipinski definition) is 2. The molecule has 2 aromatic rings. The lowest BCUT2D eigenvalue weighted by Crippen LogP contribution is -2.16. The number of halogens is 2. The third kappa shape index (κ3) is 3.27. The second-order valence-electron chi connectivity index (χ2n) is 5.00. The van der Waals surface area contributed by atoms with E-state index in [2.05, 4.69) is 34.9 Å². The summed E-state index contributed by atoms with van der Waals surface area (Å²) in [5.74, 6) is -0.290. The maximum absolute atomic E-state index is 14.0. The molecule has 0 saturated heterocycles. The second-order valence-corrected chi connectivity index (χ2v) is 5.85. The molecule has 2 unspecified atom stereocenters. The van der Waals surface area contributed by atoms with Crippen LogP contribution < -0.4 is 5.73 Å². The van der Waals surface area contributed by atoms with Gasteiger partial charge in [0.25, 0.3) is 0 Å². The van der Waals surface area contributed by atoms with Crippen LogP contribution >= 0.6 is 15.9 Å². The van der Waals surface area contributed by atoms with E-state index in [1.807, 2.05) is 16.9 Å². The van der Waals surface area contributed by atoms with E-state index in [-0.39, 0.29) is 5.82 Å². The molecule has 1 heterocycles. The third-order valence-corrected chi connectivity index (χ3v) is 4.13. The highest BCUT2D eigenvalue weighted by Gasteiger charge is 2.15. The Kier molecular flexibility index (Phi) is 4.94. The summed E-state index contributed by atoms with van der Waals surface area (Å²) < 4.78 is 16.4. The van der Waals surface area contributed by atoms with Gasteiger partial charge in [0.2, 0.25) is 0 Å². The first-order valence-electron chi connectivity index (χ1n) is 6.76. The Labute approximate surface area is 127 Å². The molecule has 0 spiro atoms. The summed E-state index contributed by atoms with van der Waals surface area (Å²) in [5.41, 5.74) is 7.50. The topological polar surface area (TPSA) is 43.8 Å². The number of rotatable bonds is 5. The van der Waals surface area contributed by atoms with Crippen LogP contribution in [0.25, 0.3) is 0 Å². The van der Waals surface area contributed by atoms with Gasteiger partial charge in [0, 0.05) is 30.3 Å². The molecule has 20 heavy (non-hydrogen) atoms. The number of nitrogens with zero attached hydrogens (tertiary/aromatic N) is 2. The standard InChI is InChI=1S/C15H19BrFN3/c1-3-10(2)20-8-7-11(19-20)9-14(18)12-5-4-6-13(16)15(12)17/h4-8,10,14H,3,9,18H2,1-2H3. The Morgan fingerprint density at radius 3 is 2.85 bits per heavy atom. The quantitative estimate of drug-likeness (QED) is 0.894. The van der Waals surface area contributed by atoms with E-state index in [0.29, 0.717) is 22.5 Å². The van der Waals surface area contributed by atoms with E-state index in [1.165, 1.54) is 0 Å². The fourth-order valence-corrected chi connectivity index (χ4v) is 2.44. The number of aromatic nitrogens is 2. The molecule has 5 heteroatoms. The van der Waals surface area contributed by atoms with Gasteiger partial charge < -0.3 is 5.73 Å². The minimum atomic E-state index is -0.396. The minimum absolute atomic E-state index is 0.290. The summed E-state index contributed by atoms with van der Waals surface area (Å²) in [7, 11) is 0. The molecule has 0 aliphatic rings. The van der Waals surface area contributed by atoms with Gasteiger partial charge in [-0.1, -0.05) is 19.1 Å². The zero-order chi connectivity index (χ0) is 14.7. The van der Waals surface area contributed by atoms with Crippen molar-refractivity contribution in [2.24, 2.45) is 5.73 Å². The highest BCUT2D eigenvalue weighted by atomic mass is 79.9. The molecule has 1 aromatic heterocycles. The van der Waals surface area contributed by atoms with E-state index in [9.17, 15) is 4.39 Å². The summed E-state index contributed by atoms with van der Waals surface area (Å²) >= 11 is 3.18. The summed E-state index contributed by atoms with van der Waals surface area (Å²) in [6.07, 6.45) is 3.50. The van der Waals surface area contributed by atoms with Crippen LogP contribution in [0.3, 0.4) is 0 Å². The van der Waals surface area contributed by atoms with Crippen molar-refractivity contribution in [2.75, 3.05) is 0 Å². The monoisotopic (exact) mass is 339 g/mol. The fraction of sp³-hybridized carbons (Fsp3) is 0.400. The Hall–Kier alpha value is -1.20. The zero-order valence-electron chi connectivity index (χ0n) is 11.7. The minimum Gasteiger partial charge on any atom is -0.324 e. The molecule has 0 amide bonds. The van der Waals surface area contributed by atoms with Crippen molar-refractivity contribution < 1.29 is 4.39 Å². The summed E-state index contributed by atoms with van der Waals surface area (Å²) in [6.45, 7) is 4.24. The van der Waals surface area contributed by atoms with Crippen molar-refractivity contribution in [3.63, 3.8) is 0 Å². The largest absolute Gasteiger partial charge is 0.324 e. The van der Waals surface area contributed by atoms with Gasteiger partial charge >= 0.3 is 0 Å². The second kappa shape index (κ2) is 6.50. The van der Waals surface area contributed by atoms with Crippen molar-refractivity contribution in [3.05, 3.63) is 52.0 Å². The molecule has 0 aliphatic carbocycles. The number of hydrogen-bond donors (Lipinski definition) is 1. The van der Waals surface area contributed by atoms with Crippen LogP contribution in [0.2, 0.25) is 0 Å². The van der Waals surface area contributed by atoms with Gasteiger partial charge in [-0.25, -0.2) is 4.39 Å². The van der Waals surface area contributed by atoms with Gasteiger partial charge in [-0.2, -0.15) is 5.10 Å². The molecule has 2 atom stereocenters. The third-order valence-electron chi connectivity index (χ3n) is 3.52. The summed E-state index contributed by atoms with van der Waals surface area (Å²) in [6, 6.07) is 7.09. The van der Waals surface area contributed by atoms with Crippen LogP contribution in [0.5, 0.6) is 0 Å². The molecule has 0 saturated carbocycles. The molecule has 3 nitrogen and oxygen atoms in total. The van der Waals surface area contributed by atoms with E-state index in [1.54, 1.807) is 18.2 Å². The van der Waals surface area contributed by atoms with Crippen LogP contribution in [-0.2, 0) is 6.42 Å². The Morgan fingerprint density at radius 2 is 2.15 bits per heavy atom. The van der Waals surface area contributed by atoms with Crippen molar-refractivity contribution in [1.29, 1.82) is 0 Å². The molecule has 2 rings (SSSR count). The van der Waals surface area contributed by atoms with Crippen molar-refractivity contribution in [3.8, 4) is 0 Å². The van der Waals surface area contributed by atoms with Gasteiger partial charge in [0.05, 0.1) is 10.2 Å². The van der Waals surface area contributed by atoms with Gasteiger partial charge in [-0.3, -0.25) is 4.68 Å². The van der Waals surface area contributed by atoms with Crippen molar-refractivity contribution in [1.82, 2.24) is 9.78 Å². The molecule has 0 radical (unpaired) electrons. The van der Waals surface area contributed by atoms with Gasteiger partial charge in [0.1, 0.15) is 5.82 Å². The zero-order valence-corrected chi connectivity index (χ0v) is 13.3. The molecule has 2 N–H and O–H groups in total. The van der Waals surface area contributed by atoms with Crippen molar-refractivity contribution >= 4 is 15.9 Å². The Morgan fingerprint density at radius 1 is 1.40 bits per heavy atom. The Bertz CT molecular complexity index is 582. The molecule has 1 aromatic carbocycles. The van der Waals surface area contributed by atoms with Crippen LogP contribution in [0.15, 0.2) is 34.9 Å². The number of nitrogens with two attached hydrogens (primary N) is 1. The van der Waals surface area contributed by atoms with E-state index >= 15 is 0 Å². The molecule has 0 aliphatic heterocycles. The lowest BCUT2D eigenvalue weighted by atomic mass is 10.0. The average molecular weight is 340 g/mol. The predicted octanol–water partition coefficient (Wildman–Crippen LogP) is 4.00. The maximum Gasteiger partial charge on any atom is 0.142 e. The molecular weight excluding hydrogens is 321 g/mol. The molecule has 0 fully saturated rings. The average Bonchev–Trinajstić information content (AvgIpc) is 2.89. The number of benzene rings is 1. The smallest absolute Gasteiger partial charge is 0.142 e. The van der Waals surface area contributed by atoms with Gasteiger partial charge in [-0.05, 0) is 41.4 Å². The molecular formula is C15H19BrFN3. The summed E-state index contributed by atoms with van der Waals surface area (Å²) in [5, 5.41) is 4.50. The molecule has 0 bridgehead atoms. The predicted molar refractivity (Wildman–Crippen MR) is 82.0 cm³/mol. The Balaban J connectivity index is 2.13. The first kappa shape index (κ1) is 15.2. The maximum atomic E-state index is 14.0. The van der Waals surface area contributed by atoms with E-state index in [4.69, 9.17) is 5.73 Å². The fourth-order valence-electron chi connectivity index (χ4n) is 2.06. The first-order valence-corrected chi connectivity index (χ1v) is 7.55. The van der Waals surface area contributed by atoms with Gasteiger partial charge in [0.15, 0.2) is 0 Å². The van der Waals surface area contributed by atoms with Crippen LogP contribution in [0.1, 0.15) is 43.6 Å². The highest BCUT2D eigenvalue weighted by molar-refractivity contribution is 9.10. The SMILES string of the molecule is CCC(C)n1ccc(CC(N)c2cccc(Br)c2F)n1. The highest BCUT2D eigenvalue weighted by Crippen LogP contribution is 2.24. The molecule has 108 valence electrons. The van der Waals surface area contributed by atoms with Gasteiger partial charge in [-0.15, -0.1) is 0 Å². The van der Waals surface area contributed by atoms with Crippen LogP contribution in [-0.4, -0.2) is 9.78 Å². The van der Waals surface area contributed by atoms with E-state index in [0.717, 1.165) is 12.1 Å². The lowest BCUT2D eigenvalue weighted by molar-refractivity contribution is 0.471. The van der Waals surface area contributed by atoms with Crippen molar-refractivity contribution in [2.45, 2.75) is 38.8 Å². The summed E-state index contributed by atoms with van der Waals surface area (Å²) in [4.78, 5) is 0. The first-order chi connectivity index (χ1) is 9.52. The lowest BCUT2D eigenvalue weighted by Gasteiger charge is -2.13.